The zero-order chi connectivity index (χ0) is 10.7. The molecule has 1 aromatic rings. The molecule has 0 bridgehead atoms. The zero-order valence-corrected chi connectivity index (χ0v) is 9.29. The van der Waals surface area contributed by atoms with Crippen molar-refractivity contribution in [3.63, 3.8) is 0 Å². The summed E-state index contributed by atoms with van der Waals surface area (Å²) in [5, 5.41) is 3.48. The summed E-state index contributed by atoms with van der Waals surface area (Å²) in [6.45, 7) is 1.95. The summed E-state index contributed by atoms with van der Waals surface area (Å²) in [7, 11) is 0. The number of aromatic nitrogens is 1. The molecule has 3 N–H and O–H groups in total. The van der Waals surface area contributed by atoms with Crippen molar-refractivity contribution in [1.29, 1.82) is 0 Å². The number of nitrogens with one attached hydrogen (secondary N) is 1. The van der Waals surface area contributed by atoms with Crippen LogP contribution in [0, 0.1) is 6.92 Å². The summed E-state index contributed by atoms with van der Waals surface area (Å²) < 4.78 is 0. The molecule has 0 aromatic carbocycles. The molecule has 0 unspecified atom stereocenters. The molecule has 1 saturated carbocycles. The Kier molecular flexibility index (Phi) is 3.09. The second-order valence-corrected chi connectivity index (χ2v) is 4.35. The van der Waals surface area contributed by atoms with Crippen LogP contribution in [0.25, 0.3) is 0 Å². The third kappa shape index (κ3) is 2.61. The number of aryl methyl sites for hydroxylation is 1. The Morgan fingerprint density at radius 1 is 1.27 bits per heavy atom. The predicted octanol–water partition coefficient (Wildman–Crippen LogP) is 2.72. The van der Waals surface area contributed by atoms with Gasteiger partial charge in [-0.25, -0.2) is 4.98 Å². The molecule has 82 valence electrons. The van der Waals surface area contributed by atoms with Gasteiger partial charge < -0.3 is 11.1 Å². The van der Waals surface area contributed by atoms with Crippen LogP contribution in [-0.4, -0.2) is 11.0 Å². The van der Waals surface area contributed by atoms with Crippen molar-refractivity contribution in [2.45, 2.75) is 45.1 Å². The van der Waals surface area contributed by atoms with Gasteiger partial charge in [0.25, 0.3) is 0 Å². The average molecular weight is 205 g/mol. The van der Waals surface area contributed by atoms with Gasteiger partial charge in [0.15, 0.2) is 0 Å². The minimum absolute atomic E-state index is 0.606. The molecule has 3 nitrogen and oxygen atoms in total. The molecule has 1 aliphatic carbocycles. The van der Waals surface area contributed by atoms with E-state index in [0.717, 1.165) is 17.2 Å². The fourth-order valence-corrected chi connectivity index (χ4v) is 2.11. The van der Waals surface area contributed by atoms with Gasteiger partial charge in [-0.3, -0.25) is 0 Å². The van der Waals surface area contributed by atoms with E-state index in [9.17, 15) is 0 Å². The maximum atomic E-state index is 5.73. The molecule has 3 heteroatoms. The van der Waals surface area contributed by atoms with E-state index in [-0.39, 0.29) is 0 Å². The molecule has 0 aliphatic heterocycles. The van der Waals surface area contributed by atoms with Crippen LogP contribution in [0.3, 0.4) is 0 Å². The standard InChI is InChI=1S/C12H19N3/c1-9-11(13)7-8-12(14-9)15-10-5-3-2-4-6-10/h7-8,10H,2-6,13H2,1H3,(H,14,15). The molecule has 0 radical (unpaired) electrons. The Morgan fingerprint density at radius 3 is 2.67 bits per heavy atom. The molecule has 1 aliphatic rings. The third-order valence-corrected chi connectivity index (χ3v) is 3.08. The first-order chi connectivity index (χ1) is 7.25. The van der Waals surface area contributed by atoms with Gasteiger partial charge in [-0.15, -0.1) is 0 Å². The summed E-state index contributed by atoms with van der Waals surface area (Å²) in [6, 6.07) is 4.50. The first-order valence-corrected chi connectivity index (χ1v) is 5.75. The Balaban J connectivity index is 2.00. The van der Waals surface area contributed by atoms with E-state index in [4.69, 9.17) is 5.73 Å². The zero-order valence-electron chi connectivity index (χ0n) is 9.29. The number of hydrogen-bond donors (Lipinski definition) is 2. The lowest BCUT2D eigenvalue weighted by molar-refractivity contribution is 0.462. The molecule has 1 aromatic heterocycles. The van der Waals surface area contributed by atoms with E-state index in [1.54, 1.807) is 0 Å². The van der Waals surface area contributed by atoms with Gasteiger partial charge >= 0.3 is 0 Å². The molecule has 0 atom stereocenters. The predicted molar refractivity (Wildman–Crippen MR) is 63.9 cm³/mol. The number of hydrogen-bond acceptors (Lipinski definition) is 3. The maximum absolute atomic E-state index is 5.73. The first kappa shape index (κ1) is 10.3. The molecule has 0 spiro atoms. The number of rotatable bonds is 2. The Labute approximate surface area is 91.1 Å². The number of anilines is 2. The minimum atomic E-state index is 0.606. The van der Waals surface area contributed by atoms with Crippen LogP contribution in [0.2, 0.25) is 0 Å². The lowest BCUT2D eigenvalue weighted by Gasteiger charge is -2.23. The maximum Gasteiger partial charge on any atom is 0.126 e. The molecule has 15 heavy (non-hydrogen) atoms. The normalized spacial score (nSPS) is 17.7. The number of pyridine rings is 1. The van der Waals surface area contributed by atoms with Gasteiger partial charge in [0.2, 0.25) is 0 Å². The second-order valence-electron chi connectivity index (χ2n) is 4.35. The number of nitrogen functional groups attached to an aromatic ring is 1. The first-order valence-electron chi connectivity index (χ1n) is 5.75. The van der Waals surface area contributed by atoms with E-state index in [1.807, 2.05) is 19.1 Å². The molecule has 2 rings (SSSR count). The van der Waals surface area contributed by atoms with Crippen molar-refractivity contribution >= 4 is 11.5 Å². The highest BCUT2D eigenvalue weighted by atomic mass is 15.0. The van der Waals surface area contributed by atoms with Crippen LogP contribution in [0.1, 0.15) is 37.8 Å². The number of nitrogens with two attached hydrogens (primary N) is 1. The van der Waals surface area contributed by atoms with Crippen molar-refractivity contribution < 1.29 is 0 Å². The topological polar surface area (TPSA) is 50.9 Å². The molecular formula is C12H19N3. The monoisotopic (exact) mass is 205 g/mol. The Morgan fingerprint density at radius 2 is 2.00 bits per heavy atom. The smallest absolute Gasteiger partial charge is 0.126 e. The van der Waals surface area contributed by atoms with E-state index >= 15 is 0 Å². The van der Waals surface area contributed by atoms with Crippen LogP contribution in [0.4, 0.5) is 11.5 Å². The van der Waals surface area contributed by atoms with Crippen LogP contribution >= 0.6 is 0 Å². The molecule has 1 fully saturated rings. The van der Waals surface area contributed by atoms with Gasteiger partial charge in [0.05, 0.1) is 11.4 Å². The minimum Gasteiger partial charge on any atom is -0.397 e. The fraction of sp³-hybridized carbons (Fsp3) is 0.583. The lowest BCUT2D eigenvalue weighted by Crippen LogP contribution is -2.22. The highest BCUT2D eigenvalue weighted by molar-refractivity contribution is 5.49. The molecular weight excluding hydrogens is 186 g/mol. The summed E-state index contributed by atoms with van der Waals surface area (Å²) in [4.78, 5) is 4.43. The van der Waals surface area contributed by atoms with Crippen LogP contribution in [0.5, 0.6) is 0 Å². The van der Waals surface area contributed by atoms with Crippen molar-refractivity contribution in [2.75, 3.05) is 11.1 Å². The summed E-state index contributed by atoms with van der Waals surface area (Å²) in [5.74, 6) is 0.966. The van der Waals surface area contributed by atoms with E-state index < -0.39 is 0 Å². The summed E-state index contributed by atoms with van der Waals surface area (Å²) >= 11 is 0. The molecule has 0 saturated heterocycles. The SMILES string of the molecule is Cc1nc(NC2CCCCC2)ccc1N. The van der Waals surface area contributed by atoms with Crippen LogP contribution in [-0.2, 0) is 0 Å². The number of nitrogens with zero attached hydrogens (tertiary/aromatic N) is 1. The fourth-order valence-electron chi connectivity index (χ4n) is 2.11. The van der Waals surface area contributed by atoms with Crippen LogP contribution < -0.4 is 11.1 Å². The van der Waals surface area contributed by atoms with Gasteiger partial charge in [0, 0.05) is 6.04 Å². The van der Waals surface area contributed by atoms with E-state index in [1.165, 1.54) is 32.1 Å². The second kappa shape index (κ2) is 4.51. The van der Waals surface area contributed by atoms with Crippen molar-refractivity contribution in [3.05, 3.63) is 17.8 Å². The Bertz CT molecular complexity index is 330. The van der Waals surface area contributed by atoms with Gasteiger partial charge in [-0.05, 0) is 31.9 Å². The van der Waals surface area contributed by atoms with Gasteiger partial charge in [-0.1, -0.05) is 19.3 Å². The largest absolute Gasteiger partial charge is 0.397 e. The van der Waals surface area contributed by atoms with Crippen molar-refractivity contribution in [3.8, 4) is 0 Å². The summed E-state index contributed by atoms with van der Waals surface area (Å²) in [5.41, 5.74) is 7.41. The summed E-state index contributed by atoms with van der Waals surface area (Å²) in [6.07, 6.45) is 6.60. The van der Waals surface area contributed by atoms with Crippen molar-refractivity contribution in [1.82, 2.24) is 4.98 Å². The van der Waals surface area contributed by atoms with Gasteiger partial charge in [-0.2, -0.15) is 0 Å². The quantitative estimate of drug-likeness (QED) is 0.780. The molecule has 0 amide bonds. The molecule has 1 heterocycles. The van der Waals surface area contributed by atoms with Crippen molar-refractivity contribution in [2.24, 2.45) is 0 Å². The van der Waals surface area contributed by atoms with Gasteiger partial charge in [0.1, 0.15) is 5.82 Å². The highest BCUT2D eigenvalue weighted by Crippen LogP contribution is 2.21. The van der Waals surface area contributed by atoms with E-state index in [0.29, 0.717) is 6.04 Å². The van der Waals surface area contributed by atoms with E-state index in [2.05, 4.69) is 10.3 Å². The van der Waals surface area contributed by atoms with Crippen LogP contribution in [0.15, 0.2) is 12.1 Å². The lowest BCUT2D eigenvalue weighted by atomic mass is 9.95. The third-order valence-electron chi connectivity index (χ3n) is 3.08. The highest BCUT2D eigenvalue weighted by Gasteiger charge is 2.13. The average Bonchev–Trinajstić information content (AvgIpc) is 2.25. The Hall–Kier alpha value is -1.25.